The molecule has 2 fully saturated rings. The number of amides is 3. The quantitative estimate of drug-likeness (QED) is 0.639. The van der Waals surface area contributed by atoms with Gasteiger partial charge in [-0.15, -0.1) is 6.58 Å². The fraction of sp³-hybridized carbons (Fsp3) is 0.444. The van der Waals surface area contributed by atoms with Crippen LogP contribution in [0.2, 0.25) is 0 Å². The summed E-state index contributed by atoms with van der Waals surface area (Å²) in [5, 5.41) is 6.21. The third kappa shape index (κ3) is 2.94. The second kappa shape index (κ2) is 6.73. The van der Waals surface area contributed by atoms with Crippen molar-refractivity contribution in [3.63, 3.8) is 0 Å². The molecule has 0 radical (unpaired) electrons. The van der Waals surface area contributed by atoms with E-state index in [1.165, 1.54) is 23.1 Å². The van der Waals surface area contributed by atoms with Gasteiger partial charge in [0.2, 0.25) is 0 Å². The molecule has 5 nitrogen and oxygen atoms in total. The highest BCUT2D eigenvalue weighted by Crippen LogP contribution is 2.35. The minimum atomic E-state index is -1.00. The van der Waals surface area contributed by atoms with Crippen LogP contribution in [0.25, 0.3) is 0 Å². The van der Waals surface area contributed by atoms with Crippen LogP contribution in [0.1, 0.15) is 18.4 Å². The van der Waals surface area contributed by atoms with Gasteiger partial charge in [0.25, 0.3) is 5.91 Å². The Balaban J connectivity index is 1.96. The van der Waals surface area contributed by atoms with Crippen LogP contribution >= 0.6 is 0 Å². The molecular formula is C18H22FN3O2. The summed E-state index contributed by atoms with van der Waals surface area (Å²) in [6.45, 7) is 5.41. The number of nitrogens with zero attached hydrogens (tertiary/aromatic N) is 1. The summed E-state index contributed by atoms with van der Waals surface area (Å²) in [4.78, 5) is 26.6. The lowest BCUT2D eigenvalue weighted by molar-refractivity contribution is -0.133. The number of hydrogen-bond acceptors (Lipinski definition) is 3. The minimum absolute atomic E-state index is 0.0216. The third-order valence-electron chi connectivity index (χ3n) is 4.92. The highest BCUT2D eigenvalue weighted by molar-refractivity contribution is 6.07. The summed E-state index contributed by atoms with van der Waals surface area (Å²) >= 11 is 0. The van der Waals surface area contributed by atoms with Gasteiger partial charge in [0.15, 0.2) is 0 Å². The molecule has 1 aromatic carbocycles. The van der Waals surface area contributed by atoms with Gasteiger partial charge in [-0.3, -0.25) is 9.69 Å². The van der Waals surface area contributed by atoms with Gasteiger partial charge in [0, 0.05) is 13.0 Å². The van der Waals surface area contributed by atoms with Crippen molar-refractivity contribution in [2.75, 3.05) is 19.6 Å². The number of hydrogen-bond donors (Lipinski definition) is 2. The second-order valence-electron chi connectivity index (χ2n) is 6.44. The molecule has 128 valence electrons. The van der Waals surface area contributed by atoms with Gasteiger partial charge in [0.1, 0.15) is 11.4 Å². The summed E-state index contributed by atoms with van der Waals surface area (Å²) in [5.74, 6) is -0.551. The topological polar surface area (TPSA) is 61.4 Å². The first-order valence-corrected chi connectivity index (χ1v) is 8.27. The minimum Gasteiger partial charge on any atom is -0.322 e. The molecule has 3 amide bonds. The average molecular weight is 331 g/mol. The van der Waals surface area contributed by atoms with Crippen molar-refractivity contribution >= 4 is 11.9 Å². The molecule has 0 bridgehead atoms. The standard InChI is InChI=1S/C18H22FN3O2/c1-2-10-22-16(23)18(21-17(22)24,14-6-8-20-9-7-14)12-13-4-3-5-15(19)11-13/h2-5,11,14,20H,1,6-10,12H2,(H,21,24). The number of nitrogens with one attached hydrogen (secondary N) is 2. The predicted octanol–water partition coefficient (Wildman–Crippen LogP) is 1.84. The van der Waals surface area contributed by atoms with Crippen LogP contribution in [0.3, 0.4) is 0 Å². The normalized spacial score (nSPS) is 25.0. The Kier molecular flexibility index (Phi) is 4.66. The van der Waals surface area contributed by atoms with E-state index in [4.69, 9.17) is 0 Å². The van der Waals surface area contributed by atoms with E-state index < -0.39 is 11.6 Å². The van der Waals surface area contributed by atoms with Crippen molar-refractivity contribution in [1.29, 1.82) is 0 Å². The molecule has 24 heavy (non-hydrogen) atoms. The lowest BCUT2D eigenvalue weighted by atomic mass is 9.74. The molecule has 1 unspecified atom stereocenters. The van der Waals surface area contributed by atoms with Crippen LogP contribution in [0.15, 0.2) is 36.9 Å². The first kappa shape index (κ1) is 16.6. The number of urea groups is 1. The zero-order chi connectivity index (χ0) is 17.2. The van der Waals surface area contributed by atoms with Crippen LogP contribution in [0.4, 0.5) is 9.18 Å². The molecule has 2 aliphatic heterocycles. The van der Waals surface area contributed by atoms with Crippen LogP contribution in [-0.2, 0) is 11.2 Å². The van der Waals surface area contributed by atoms with E-state index in [1.54, 1.807) is 12.1 Å². The SMILES string of the molecule is C=CCN1C(=O)NC(Cc2cccc(F)c2)(C2CCNCC2)C1=O. The number of carbonyl (C=O) groups is 2. The summed E-state index contributed by atoms with van der Waals surface area (Å²) < 4.78 is 13.6. The highest BCUT2D eigenvalue weighted by Gasteiger charge is 2.55. The molecule has 0 spiro atoms. The smallest absolute Gasteiger partial charge is 0.322 e. The highest BCUT2D eigenvalue weighted by atomic mass is 19.1. The second-order valence-corrected chi connectivity index (χ2v) is 6.44. The molecule has 6 heteroatoms. The van der Waals surface area contributed by atoms with E-state index in [9.17, 15) is 14.0 Å². The maximum Gasteiger partial charge on any atom is 0.325 e. The molecule has 1 atom stereocenters. The van der Waals surface area contributed by atoms with Gasteiger partial charge >= 0.3 is 6.03 Å². The van der Waals surface area contributed by atoms with E-state index >= 15 is 0 Å². The molecule has 2 aliphatic rings. The number of piperidine rings is 1. The molecule has 2 saturated heterocycles. The van der Waals surface area contributed by atoms with E-state index in [-0.39, 0.29) is 24.2 Å². The zero-order valence-corrected chi connectivity index (χ0v) is 13.6. The number of rotatable bonds is 5. The molecule has 2 heterocycles. The first-order valence-electron chi connectivity index (χ1n) is 8.27. The Morgan fingerprint density at radius 2 is 2.08 bits per heavy atom. The maximum absolute atomic E-state index is 13.6. The lowest BCUT2D eigenvalue weighted by Crippen LogP contribution is -2.57. The Morgan fingerprint density at radius 1 is 1.33 bits per heavy atom. The van der Waals surface area contributed by atoms with E-state index in [0.717, 1.165) is 25.9 Å². The largest absolute Gasteiger partial charge is 0.325 e. The van der Waals surface area contributed by atoms with Crippen molar-refractivity contribution in [2.24, 2.45) is 5.92 Å². The number of carbonyl (C=O) groups excluding carboxylic acids is 2. The van der Waals surface area contributed by atoms with Crippen molar-refractivity contribution in [3.8, 4) is 0 Å². The molecule has 3 rings (SSSR count). The van der Waals surface area contributed by atoms with Gasteiger partial charge in [-0.25, -0.2) is 9.18 Å². The van der Waals surface area contributed by atoms with Crippen LogP contribution in [0, 0.1) is 11.7 Å². The Labute approximate surface area is 140 Å². The fourth-order valence-corrected chi connectivity index (χ4v) is 3.76. The summed E-state index contributed by atoms with van der Waals surface area (Å²) in [6.07, 6.45) is 3.43. The lowest BCUT2D eigenvalue weighted by Gasteiger charge is -2.38. The Bertz CT molecular complexity index is 657. The van der Waals surface area contributed by atoms with Crippen molar-refractivity contribution in [3.05, 3.63) is 48.3 Å². The van der Waals surface area contributed by atoms with Crippen molar-refractivity contribution in [1.82, 2.24) is 15.5 Å². The average Bonchev–Trinajstić information content (AvgIpc) is 2.81. The van der Waals surface area contributed by atoms with Crippen molar-refractivity contribution < 1.29 is 14.0 Å². The summed E-state index contributed by atoms with van der Waals surface area (Å²) in [5.41, 5.74) is -0.293. The Morgan fingerprint density at radius 3 is 2.75 bits per heavy atom. The van der Waals surface area contributed by atoms with E-state index in [1.807, 2.05) is 0 Å². The predicted molar refractivity (Wildman–Crippen MR) is 88.9 cm³/mol. The summed E-state index contributed by atoms with van der Waals surface area (Å²) in [6, 6.07) is 5.83. The van der Waals surface area contributed by atoms with Gasteiger partial charge in [-0.2, -0.15) is 0 Å². The molecule has 2 N–H and O–H groups in total. The number of halogens is 1. The van der Waals surface area contributed by atoms with Gasteiger partial charge < -0.3 is 10.6 Å². The number of benzene rings is 1. The number of imide groups is 1. The van der Waals surface area contributed by atoms with E-state index in [0.29, 0.717) is 12.0 Å². The van der Waals surface area contributed by atoms with Crippen LogP contribution < -0.4 is 10.6 Å². The molecular weight excluding hydrogens is 309 g/mol. The van der Waals surface area contributed by atoms with E-state index in [2.05, 4.69) is 17.2 Å². The van der Waals surface area contributed by atoms with Crippen LogP contribution in [0.5, 0.6) is 0 Å². The zero-order valence-electron chi connectivity index (χ0n) is 13.6. The summed E-state index contributed by atoms with van der Waals surface area (Å²) in [7, 11) is 0. The fourth-order valence-electron chi connectivity index (χ4n) is 3.76. The maximum atomic E-state index is 13.6. The van der Waals surface area contributed by atoms with Gasteiger partial charge in [-0.05, 0) is 49.5 Å². The van der Waals surface area contributed by atoms with Gasteiger partial charge in [0.05, 0.1) is 0 Å². The monoisotopic (exact) mass is 331 g/mol. The molecule has 0 aliphatic carbocycles. The van der Waals surface area contributed by atoms with Crippen LogP contribution in [-0.4, -0.2) is 42.0 Å². The first-order chi connectivity index (χ1) is 11.6. The van der Waals surface area contributed by atoms with Gasteiger partial charge in [-0.1, -0.05) is 18.2 Å². The molecule has 0 aromatic heterocycles. The Hall–Kier alpha value is -2.21. The molecule has 1 aromatic rings. The molecule has 0 saturated carbocycles. The van der Waals surface area contributed by atoms with Crippen molar-refractivity contribution in [2.45, 2.75) is 24.8 Å². The third-order valence-corrected chi connectivity index (χ3v) is 4.92.